The first-order valence-corrected chi connectivity index (χ1v) is 6.82. The van der Waals surface area contributed by atoms with Gasteiger partial charge in [-0.05, 0) is 43.9 Å². The van der Waals surface area contributed by atoms with E-state index < -0.39 is 0 Å². The molecule has 0 saturated carbocycles. The smallest absolute Gasteiger partial charge is 0.230 e. The Labute approximate surface area is 114 Å². The van der Waals surface area contributed by atoms with Crippen LogP contribution in [0.2, 0.25) is 0 Å². The first-order valence-electron chi connectivity index (χ1n) is 6.82. The first-order chi connectivity index (χ1) is 9.04. The summed E-state index contributed by atoms with van der Waals surface area (Å²) in [6.07, 6.45) is 1.68. The van der Waals surface area contributed by atoms with E-state index in [0.717, 1.165) is 29.7 Å². The van der Waals surface area contributed by atoms with Gasteiger partial charge in [-0.3, -0.25) is 4.79 Å². The predicted octanol–water partition coefficient (Wildman–Crippen LogP) is 2.64. The summed E-state index contributed by atoms with van der Waals surface area (Å²) in [5.74, 6) is -0.0472. The number of hydrogen-bond acceptors (Lipinski definition) is 3. The molecule has 4 nitrogen and oxygen atoms in total. The van der Waals surface area contributed by atoms with Gasteiger partial charge >= 0.3 is 0 Å². The van der Waals surface area contributed by atoms with Crippen LogP contribution in [0, 0.1) is 19.8 Å². The van der Waals surface area contributed by atoms with Crippen LogP contribution in [0.3, 0.4) is 0 Å². The van der Waals surface area contributed by atoms with Gasteiger partial charge in [0.25, 0.3) is 0 Å². The van der Waals surface area contributed by atoms with Crippen LogP contribution < -0.4 is 11.1 Å². The molecule has 0 spiro atoms. The van der Waals surface area contributed by atoms with Crippen LogP contribution in [-0.4, -0.2) is 18.6 Å². The molecule has 1 aromatic carbocycles. The molecule has 0 aliphatic carbocycles. The molecule has 3 N–H and O–H groups in total. The van der Waals surface area contributed by atoms with Crippen LogP contribution in [0.4, 0.5) is 11.4 Å². The van der Waals surface area contributed by atoms with Crippen molar-refractivity contribution in [1.82, 2.24) is 0 Å². The van der Waals surface area contributed by atoms with Crippen molar-refractivity contribution in [2.24, 2.45) is 5.92 Å². The lowest BCUT2D eigenvalue weighted by molar-refractivity contribution is -0.121. The molecule has 1 aromatic rings. The highest BCUT2D eigenvalue weighted by molar-refractivity contribution is 5.97. The summed E-state index contributed by atoms with van der Waals surface area (Å²) < 4.78 is 5.57. The van der Waals surface area contributed by atoms with Gasteiger partial charge in [-0.2, -0.15) is 0 Å². The molecule has 2 rings (SSSR count). The van der Waals surface area contributed by atoms with Gasteiger partial charge in [0.1, 0.15) is 0 Å². The highest BCUT2D eigenvalue weighted by atomic mass is 16.5. The summed E-state index contributed by atoms with van der Waals surface area (Å²) in [7, 11) is 0. The second-order valence-corrected chi connectivity index (χ2v) is 5.17. The van der Waals surface area contributed by atoms with Crippen molar-refractivity contribution in [2.75, 3.05) is 17.7 Å². The van der Waals surface area contributed by atoms with Gasteiger partial charge in [0.15, 0.2) is 0 Å². The number of ether oxygens (including phenoxy) is 1. The van der Waals surface area contributed by atoms with Crippen LogP contribution in [0.25, 0.3) is 0 Å². The average Bonchev–Trinajstić information content (AvgIpc) is 2.87. The maximum atomic E-state index is 12.4. The molecule has 1 aliphatic rings. The van der Waals surface area contributed by atoms with Gasteiger partial charge in [-0.1, -0.05) is 13.0 Å². The topological polar surface area (TPSA) is 64.3 Å². The SMILES string of the molecule is CCC1OCCC1C(=O)Nc1c(N)ccc(C)c1C. The Balaban J connectivity index is 2.17. The third kappa shape index (κ3) is 2.73. The fourth-order valence-corrected chi connectivity index (χ4v) is 2.57. The van der Waals surface area contributed by atoms with Crippen molar-refractivity contribution in [2.45, 2.75) is 39.7 Å². The zero-order valence-corrected chi connectivity index (χ0v) is 11.8. The Morgan fingerprint density at radius 2 is 2.21 bits per heavy atom. The van der Waals surface area contributed by atoms with E-state index >= 15 is 0 Å². The minimum atomic E-state index is -0.0655. The Morgan fingerprint density at radius 3 is 2.89 bits per heavy atom. The van der Waals surface area contributed by atoms with Crippen LogP contribution in [0.5, 0.6) is 0 Å². The number of nitrogen functional groups attached to an aromatic ring is 1. The van der Waals surface area contributed by atoms with Crippen LogP contribution >= 0.6 is 0 Å². The molecular formula is C15H22N2O2. The van der Waals surface area contributed by atoms with Gasteiger partial charge < -0.3 is 15.8 Å². The van der Waals surface area contributed by atoms with Crippen molar-refractivity contribution in [3.63, 3.8) is 0 Å². The summed E-state index contributed by atoms with van der Waals surface area (Å²) in [6.45, 7) is 6.70. The van der Waals surface area contributed by atoms with E-state index in [-0.39, 0.29) is 17.9 Å². The van der Waals surface area contributed by atoms with Crippen molar-refractivity contribution in [3.8, 4) is 0 Å². The van der Waals surface area contributed by atoms with Crippen LogP contribution in [0.1, 0.15) is 30.9 Å². The molecule has 1 heterocycles. The molecule has 104 valence electrons. The number of nitrogens with one attached hydrogen (secondary N) is 1. The molecule has 4 heteroatoms. The van der Waals surface area contributed by atoms with Gasteiger partial charge in [-0.15, -0.1) is 0 Å². The predicted molar refractivity (Wildman–Crippen MR) is 77.1 cm³/mol. The third-order valence-corrected chi connectivity index (χ3v) is 3.96. The number of nitrogens with two attached hydrogens (primary N) is 1. The highest BCUT2D eigenvalue weighted by Gasteiger charge is 2.33. The monoisotopic (exact) mass is 262 g/mol. The summed E-state index contributed by atoms with van der Waals surface area (Å²) in [5.41, 5.74) is 9.47. The number of carbonyl (C=O) groups excluding carboxylic acids is 1. The van der Waals surface area contributed by atoms with E-state index in [9.17, 15) is 4.79 Å². The van der Waals surface area contributed by atoms with Crippen molar-refractivity contribution >= 4 is 17.3 Å². The second-order valence-electron chi connectivity index (χ2n) is 5.17. The number of aryl methyl sites for hydroxylation is 1. The molecule has 0 bridgehead atoms. The summed E-state index contributed by atoms with van der Waals surface area (Å²) in [5, 5.41) is 2.98. The third-order valence-electron chi connectivity index (χ3n) is 3.96. The van der Waals surface area contributed by atoms with Crippen molar-refractivity contribution in [1.29, 1.82) is 0 Å². The first kappa shape index (κ1) is 13.9. The zero-order chi connectivity index (χ0) is 14.0. The molecule has 2 atom stereocenters. The minimum Gasteiger partial charge on any atom is -0.397 e. The molecule has 2 unspecified atom stereocenters. The summed E-state index contributed by atoms with van der Waals surface area (Å²) in [6, 6.07) is 3.80. The van der Waals surface area contributed by atoms with Crippen molar-refractivity contribution < 1.29 is 9.53 Å². The van der Waals surface area contributed by atoms with E-state index in [1.165, 1.54) is 0 Å². The van der Waals surface area contributed by atoms with Gasteiger partial charge in [-0.25, -0.2) is 0 Å². The Kier molecular flexibility index (Phi) is 4.10. The lowest BCUT2D eigenvalue weighted by Crippen LogP contribution is -2.29. The average molecular weight is 262 g/mol. The summed E-state index contributed by atoms with van der Waals surface area (Å²) >= 11 is 0. The Morgan fingerprint density at radius 1 is 1.47 bits per heavy atom. The fraction of sp³-hybridized carbons (Fsp3) is 0.533. The van der Waals surface area contributed by atoms with Gasteiger partial charge in [0.2, 0.25) is 5.91 Å². The van der Waals surface area contributed by atoms with Crippen molar-refractivity contribution in [3.05, 3.63) is 23.3 Å². The quantitative estimate of drug-likeness (QED) is 0.823. The molecule has 0 aromatic heterocycles. The minimum absolute atomic E-state index is 0.0183. The summed E-state index contributed by atoms with van der Waals surface area (Å²) in [4.78, 5) is 12.4. The number of hydrogen-bond donors (Lipinski definition) is 2. The van der Waals surface area contributed by atoms with Gasteiger partial charge in [0.05, 0.1) is 23.4 Å². The largest absolute Gasteiger partial charge is 0.397 e. The molecule has 19 heavy (non-hydrogen) atoms. The number of benzene rings is 1. The molecule has 1 fully saturated rings. The van der Waals surface area contributed by atoms with Crippen LogP contribution in [0.15, 0.2) is 12.1 Å². The van der Waals surface area contributed by atoms with E-state index in [4.69, 9.17) is 10.5 Å². The number of anilines is 2. The number of rotatable bonds is 3. The standard InChI is InChI=1S/C15H22N2O2/c1-4-13-11(7-8-19-13)15(18)17-14-10(3)9(2)5-6-12(14)16/h5-6,11,13H,4,7-8,16H2,1-3H3,(H,17,18). The van der Waals surface area contributed by atoms with E-state index in [1.54, 1.807) is 0 Å². The number of amides is 1. The zero-order valence-electron chi connectivity index (χ0n) is 11.8. The molecule has 0 radical (unpaired) electrons. The molecule has 1 saturated heterocycles. The molecular weight excluding hydrogens is 240 g/mol. The lowest BCUT2D eigenvalue weighted by Gasteiger charge is -2.19. The van der Waals surface area contributed by atoms with E-state index in [1.807, 2.05) is 32.9 Å². The van der Waals surface area contributed by atoms with E-state index in [0.29, 0.717) is 12.3 Å². The maximum Gasteiger partial charge on any atom is 0.230 e. The van der Waals surface area contributed by atoms with E-state index in [2.05, 4.69) is 5.32 Å². The maximum absolute atomic E-state index is 12.4. The Bertz CT molecular complexity index is 485. The molecule has 1 aliphatic heterocycles. The fourth-order valence-electron chi connectivity index (χ4n) is 2.57. The van der Waals surface area contributed by atoms with Crippen LogP contribution in [-0.2, 0) is 9.53 Å². The molecule has 1 amide bonds. The highest BCUT2D eigenvalue weighted by Crippen LogP contribution is 2.29. The Hall–Kier alpha value is -1.55. The second kappa shape index (κ2) is 5.61. The number of carbonyl (C=O) groups is 1. The normalized spacial score (nSPS) is 22.5. The van der Waals surface area contributed by atoms with Gasteiger partial charge in [0, 0.05) is 6.61 Å². The lowest BCUT2D eigenvalue weighted by atomic mass is 9.98.